The fourth-order valence-corrected chi connectivity index (χ4v) is 2.30. The van der Waals surface area contributed by atoms with Gasteiger partial charge in [0.25, 0.3) is 5.91 Å². The zero-order valence-corrected chi connectivity index (χ0v) is 8.37. The normalized spacial score (nSPS) is 45.2. The van der Waals surface area contributed by atoms with Crippen molar-refractivity contribution in [2.75, 3.05) is 19.8 Å². The van der Waals surface area contributed by atoms with Gasteiger partial charge >= 0.3 is 6.03 Å². The van der Waals surface area contributed by atoms with Gasteiger partial charge in [0.1, 0.15) is 18.8 Å². The molecule has 86 valence electrons. The predicted molar refractivity (Wildman–Crippen MR) is 47.1 cm³/mol. The number of carbonyl (C=O) groups is 2. The average molecular weight is 226 g/mol. The molecule has 0 saturated carbocycles. The first-order chi connectivity index (χ1) is 7.75. The number of amides is 3. The highest BCUT2D eigenvalue weighted by Gasteiger charge is 2.59. The van der Waals surface area contributed by atoms with Gasteiger partial charge in [0, 0.05) is 0 Å². The van der Waals surface area contributed by atoms with E-state index in [2.05, 4.69) is 0 Å². The van der Waals surface area contributed by atoms with E-state index in [9.17, 15) is 9.59 Å². The van der Waals surface area contributed by atoms with Gasteiger partial charge in [-0.05, 0) is 0 Å². The summed E-state index contributed by atoms with van der Waals surface area (Å²) >= 11 is 0. The first-order valence-electron chi connectivity index (χ1n) is 5.27. The maximum absolute atomic E-state index is 11.9. The Hall–Kier alpha value is -1.18. The molecule has 3 amide bonds. The number of nitrogens with zero attached hydrogens (tertiary/aromatic N) is 2. The summed E-state index contributed by atoms with van der Waals surface area (Å²) in [5.74, 6) is -0.214. The smallest absolute Gasteiger partial charge is 0.331 e. The summed E-state index contributed by atoms with van der Waals surface area (Å²) in [5.41, 5.74) is 0. The molecule has 7 heteroatoms. The number of imide groups is 1. The van der Waals surface area contributed by atoms with Crippen LogP contribution in [0.4, 0.5) is 4.79 Å². The Balaban J connectivity index is 1.66. The van der Waals surface area contributed by atoms with Crippen LogP contribution in [0, 0.1) is 0 Å². The molecule has 0 aromatic rings. The van der Waals surface area contributed by atoms with Gasteiger partial charge < -0.3 is 14.2 Å². The summed E-state index contributed by atoms with van der Waals surface area (Å²) in [6.45, 7) is 0.954. The van der Waals surface area contributed by atoms with Gasteiger partial charge in [-0.3, -0.25) is 9.69 Å². The highest BCUT2D eigenvalue weighted by atomic mass is 16.7. The Morgan fingerprint density at radius 1 is 1.06 bits per heavy atom. The van der Waals surface area contributed by atoms with Crippen LogP contribution in [0.25, 0.3) is 0 Å². The summed E-state index contributed by atoms with van der Waals surface area (Å²) in [5, 5.41) is 0. The predicted octanol–water partition coefficient (Wildman–Crippen LogP) is -1.27. The van der Waals surface area contributed by atoms with Crippen LogP contribution in [0.5, 0.6) is 0 Å². The van der Waals surface area contributed by atoms with Gasteiger partial charge in [-0.25, -0.2) is 9.69 Å². The third-order valence-electron chi connectivity index (χ3n) is 3.26. The molecular weight excluding hydrogens is 216 g/mol. The SMILES string of the molecule is O=C1CN2C(=O)N1C1OC1COCC1OC12. The molecule has 0 aromatic carbocycles. The molecule has 0 radical (unpaired) electrons. The van der Waals surface area contributed by atoms with E-state index >= 15 is 0 Å². The number of ether oxygens (including phenoxy) is 3. The number of rotatable bonds is 0. The molecule has 4 heterocycles. The van der Waals surface area contributed by atoms with Crippen LogP contribution < -0.4 is 0 Å². The number of hydrogen-bond donors (Lipinski definition) is 0. The van der Waals surface area contributed by atoms with E-state index in [1.54, 1.807) is 0 Å². The summed E-state index contributed by atoms with van der Waals surface area (Å²) in [6.07, 6.45) is -0.979. The molecule has 4 atom stereocenters. The van der Waals surface area contributed by atoms with Crippen molar-refractivity contribution in [2.45, 2.75) is 24.7 Å². The number of carbonyl (C=O) groups excluding carboxylic acids is 2. The molecule has 0 aliphatic carbocycles. The van der Waals surface area contributed by atoms with Gasteiger partial charge in [0.15, 0.2) is 12.5 Å². The molecule has 4 rings (SSSR count). The average Bonchev–Trinajstić information content (AvgIpc) is 3.11. The fourth-order valence-electron chi connectivity index (χ4n) is 2.30. The van der Waals surface area contributed by atoms with E-state index in [1.807, 2.05) is 0 Å². The van der Waals surface area contributed by atoms with E-state index in [-0.39, 0.29) is 36.9 Å². The van der Waals surface area contributed by atoms with Crippen LogP contribution in [0.3, 0.4) is 0 Å². The minimum atomic E-state index is -0.430. The second kappa shape index (κ2) is 2.73. The van der Waals surface area contributed by atoms with E-state index < -0.39 is 6.23 Å². The number of hydrogen-bond acceptors (Lipinski definition) is 5. The van der Waals surface area contributed by atoms with Crippen molar-refractivity contribution in [3.8, 4) is 0 Å². The molecule has 7 nitrogen and oxygen atoms in total. The lowest BCUT2D eigenvalue weighted by Crippen LogP contribution is -2.39. The summed E-state index contributed by atoms with van der Waals surface area (Å²) in [7, 11) is 0. The molecule has 0 N–H and O–H groups in total. The third kappa shape index (κ3) is 1.07. The van der Waals surface area contributed by atoms with E-state index in [0.717, 1.165) is 0 Å². The van der Waals surface area contributed by atoms with Crippen molar-refractivity contribution in [3.63, 3.8) is 0 Å². The number of urea groups is 1. The fraction of sp³-hybridized carbons (Fsp3) is 0.778. The van der Waals surface area contributed by atoms with E-state index in [4.69, 9.17) is 14.2 Å². The van der Waals surface area contributed by atoms with Crippen molar-refractivity contribution in [3.05, 3.63) is 0 Å². The Morgan fingerprint density at radius 2 is 1.75 bits per heavy atom. The van der Waals surface area contributed by atoms with Crippen LogP contribution >= 0.6 is 0 Å². The molecule has 4 unspecified atom stereocenters. The van der Waals surface area contributed by atoms with Gasteiger partial charge in [0.05, 0.1) is 13.2 Å². The second-order valence-electron chi connectivity index (χ2n) is 4.34. The molecule has 0 aromatic heterocycles. The molecule has 4 aliphatic heterocycles. The van der Waals surface area contributed by atoms with Gasteiger partial charge in [-0.2, -0.15) is 0 Å². The first-order valence-corrected chi connectivity index (χ1v) is 5.27. The molecule has 4 fully saturated rings. The van der Waals surface area contributed by atoms with E-state index in [1.165, 1.54) is 9.80 Å². The number of fused-ring (bicyclic) bond motifs is 6. The van der Waals surface area contributed by atoms with Crippen LogP contribution in [0.1, 0.15) is 0 Å². The Bertz CT molecular complexity index is 386. The minimum absolute atomic E-state index is 0.0899. The Kier molecular flexibility index (Phi) is 1.52. The lowest BCUT2D eigenvalue weighted by atomic mass is 10.4. The van der Waals surface area contributed by atoms with Crippen LogP contribution in [-0.4, -0.2) is 66.2 Å². The first kappa shape index (κ1) is 8.91. The number of epoxide rings is 2. The maximum atomic E-state index is 11.9. The topological polar surface area (TPSA) is 74.9 Å². The van der Waals surface area contributed by atoms with Crippen molar-refractivity contribution in [1.29, 1.82) is 0 Å². The summed E-state index contributed by atoms with van der Waals surface area (Å²) in [6, 6.07) is -0.299. The Morgan fingerprint density at radius 3 is 2.56 bits per heavy atom. The molecule has 2 bridgehead atoms. The lowest BCUT2D eigenvalue weighted by Gasteiger charge is -2.14. The monoisotopic (exact) mass is 226 g/mol. The van der Waals surface area contributed by atoms with Crippen molar-refractivity contribution in [1.82, 2.24) is 9.80 Å². The zero-order chi connectivity index (χ0) is 10.9. The molecule has 4 saturated heterocycles. The third-order valence-corrected chi connectivity index (χ3v) is 3.26. The largest absolute Gasteiger partial charge is 0.376 e. The molecule has 4 aliphatic rings. The maximum Gasteiger partial charge on any atom is 0.331 e. The molecular formula is C9H10N2O5. The summed E-state index contributed by atoms with van der Waals surface area (Å²) < 4.78 is 16.0. The Labute approximate surface area is 90.8 Å². The van der Waals surface area contributed by atoms with Crippen LogP contribution in [0.2, 0.25) is 0 Å². The molecule has 0 spiro atoms. The zero-order valence-electron chi connectivity index (χ0n) is 8.37. The van der Waals surface area contributed by atoms with Crippen LogP contribution in [0.15, 0.2) is 0 Å². The standard InChI is InChI=1S/C9H10N2O5/c12-6-1-10-7-4(15-7)2-14-3-5-8(16-5)11(6)9(10)13/h4-5,7-8H,1-3H2. The van der Waals surface area contributed by atoms with Gasteiger partial charge in [-0.15, -0.1) is 0 Å². The minimum Gasteiger partial charge on any atom is -0.376 e. The van der Waals surface area contributed by atoms with Crippen LogP contribution in [-0.2, 0) is 19.0 Å². The lowest BCUT2D eigenvalue weighted by molar-refractivity contribution is -0.126. The molecule has 16 heavy (non-hydrogen) atoms. The van der Waals surface area contributed by atoms with Crippen molar-refractivity contribution >= 4 is 11.9 Å². The summed E-state index contributed by atoms with van der Waals surface area (Å²) in [4.78, 5) is 26.2. The quantitative estimate of drug-likeness (QED) is 0.380. The van der Waals surface area contributed by atoms with Gasteiger partial charge in [-0.1, -0.05) is 0 Å². The highest BCUT2D eigenvalue weighted by molar-refractivity contribution is 6.02. The van der Waals surface area contributed by atoms with Crippen molar-refractivity contribution in [2.24, 2.45) is 0 Å². The van der Waals surface area contributed by atoms with E-state index in [0.29, 0.717) is 13.2 Å². The van der Waals surface area contributed by atoms with Crippen molar-refractivity contribution < 1.29 is 23.8 Å². The van der Waals surface area contributed by atoms with Gasteiger partial charge in [0.2, 0.25) is 0 Å². The second-order valence-corrected chi connectivity index (χ2v) is 4.34. The highest BCUT2D eigenvalue weighted by Crippen LogP contribution is 2.36.